The van der Waals surface area contributed by atoms with E-state index < -0.39 is 42.2 Å². The van der Waals surface area contributed by atoms with E-state index in [1.807, 2.05) is 55.5 Å². The molecule has 0 saturated carbocycles. The van der Waals surface area contributed by atoms with Crippen LogP contribution in [0.15, 0.2) is 48.5 Å². The zero-order chi connectivity index (χ0) is 37.7. The maximum absolute atomic E-state index is 13.9. The molecule has 284 valence electrons. The highest BCUT2D eigenvalue weighted by molar-refractivity contribution is 5.95. The molecule has 3 atom stereocenters. The van der Waals surface area contributed by atoms with Crippen molar-refractivity contribution >= 4 is 29.7 Å². The Kier molecular flexibility index (Phi) is 14.9. The Morgan fingerprint density at radius 3 is 2.58 bits per heavy atom. The van der Waals surface area contributed by atoms with Crippen molar-refractivity contribution in [2.75, 3.05) is 46.5 Å². The van der Waals surface area contributed by atoms with Crippen LogP contribution in [0.25, 0.3) is 0 Å². The van der Waals surface area contributed by atoms with Gasteiger partial charge in [-0.3, -0.25) is 19.2 Å². The molecule has 52 heavy (non-hydrogen) atoms. The molecule has 4 bridgehead atoms. The number of nitrogens with zero attached hydrogens (tertiary/aromatic N) is 2. The van der Waals surface area contributed by atoms with Gasteiger partial charge in [0.2, 0.25) is 23.6 Å². The largest absolute Gasteiger partial charge is 0.494 e. The first-order valence-electron chi connectivity index (χ1n) is 18.2. The molecule has 2 aromatic carbocycles. The van der Waals surface area contributed by atoms with Crippen molar-refractivity contribution in [3.8, 4) is 5.75 Å². The van der Waals surface area contributed by atoms with Crippen molar-refractivity contribution in [1.82, 2.24) is 25.8 Å². The number of carbonyl (C=O) groups is 5. The standard InChI is InChI=1S/C39H55N5O8/c1-27-13-15-31-22-30(27)24-40-36(47)32(16-14-28-10-7-6-8-11-28)42-37(48)33(23-35(46)44-18-9-12-29(25-44)17-20-51-31)41-34(45)26-50-21-19-43(5)38(49)52-39(2,3)4/h6-8,10-11,13,15,22,29,32-33H,9,12,14,16-21,23-26H2,1-5H3,(H,40,47)(H,41,45)(H,42,48)/t29?,32-,33-/m0/s1. The van der Waals surface area contributed by atoms with Crippen molar-refractivity contribution in [3.05, 3.63) is 65.2 Å². The van der Waals surface area contributed by atoms with Crippen LogP contribution in [-0.2, 0) is 41.6 Å². The number of hydrogen-bond donors (Lipinski definition) is 3. The fraction of sp³-hybridized carbons (Fsp3) is 0.564. The molecule has 13 heteroatoms. The first-order chi connectivity index (χ1) is 24.8. The number of fused-ring (bicyclic) bond motifs is 4. The van der Waals surface area contributed by atoms with Crippen molar-refractivity contribution < 1.29 is 38.2 Å². The number of hydrogen-bond acceptors (Lipinski definition) is 8. The molecule has 2 heterocycles. The number of likely N-dealkylation sites (N-methyl/N-ethyl adjacent to an activating group) is 1. The molecular formula is C39H55N5O8. The Balaban J connectivity index is 1.50. The second kappa shape index (κ2) is 19.3. The molecule has 0 spiro atoms. The summed E-state index contributed by atoms with van der Waals surface area (Å²) in [5.74, 6) is -0.946. The minimum absolute atomic E-state index is 0.0436. The van der Waals surface area contributed by atoms with Crippen molar-refractivity contribution in [3.63, 3.8) is 0 Å². The van der Waals surface area contributed by atoms with E-state index in [-0.39, 0.29) is 43.8 Å². The van der Waals surface area contributed by atoms with E-state index in [2.05, 4.69) is 16.0 Å². The summed E-state index contributed by atoms with van der Waals surface area (Å²) in [5, 5.41) is 8.50. The molecule has 4 rings (SSSR count). The number of benzene rings is 2. The molecule has 1 saturated heterocycles. The Morgan fingerprint density at radius 2 is 1.83 bits per heavy atom. The molecule has 13 nitrogen and oxygen atoms in total. The van der Waals surface area contributed by atoms with Gasteiger partial charge in [-0.05, 0) is 94.5 Å². The average molecular weight is 722 g/mol. The lowest BCUT2D eigenvalue weighted by molar-refractivity contribution is -0.139. The summed E-state index contributed by atoms with van der Waals surface area (Å²) < 4.78 is 17.0. The van der Waals surface area contributed by atoms with Crippen molar-refractivity contribution in [2.24, 2.45) is 5.92 Å². The summed E-state index contributed by atoms with van der Waals surface area (Å²) in [4.78, 5) is 69.7. The second-order valence-electron chi connectivity index (χ2n) is 14.7. The predicted octanol–water partition coefficient (Wildman–Crippen LogP) is 3.51. The molecule has 0 aromatic heterocycles. The van der Waals surface area contributed by atoms with Crippen LogP contribution in [0.2, 0.25) is 0 Å². The Bertz CT molecular complexity index is 1530. The predicted molar refractivity (Wildman–Crippen MR) is 195 cm³/mol. The third-order valence-corrected chi connectivity index (χ3v) is 9.18. The molecule has 1 fully saturated rings. The summed E-state index contributed by atoms with van der Waals surface area (Å²) in [6.07, 6.45) is 2.55. The molecule has 0 radical (unpaired) electrons. The third kappa shape index (κ3) is 13.2. The van der Waals surface area contributed by atoms with Crippen LogP contribution < -0.4 is 20.7 Å². The number of amides is 5. The molecule has 0 aliphatic carbocycles. The maximum atomic E-state index is 13.9. The number of piperidine rings is 1. The lowest BCUT2D eigenvalue weighted by Gasteiger charge is -2.34. The van der Waals surface area contributed by atoms with E-state index in [1.165, 1.54) is 4.90 Å². The summed E-state index contributed by atoms with van der Waals surface area (Å²) in [5.41, 5.74) is 2.24. The molecule has 2 aliphatic rings. The summed E-state index contributed by atoms with van der Waals surface area (Å²) in [6, 6.07) is 13.3. The van der Waals surface area contributed by atoms with Crippen LogP contribution in [0.4, 0.5) is 4.79 Å². The number of ether oxygens (including phenoxy) is 3. The quantitative estimate of drug-likeness (QED) is 0.333. The van der Waals surface area contributed by atoms with Crippen LogP contribution in [0.1, 0.15) is 69.6 Å². The molecule has 3 N–H and O–H groups in total. The van der Waals surface area contributed by atoms with E-state index in [0.717, 1.165) is 36.0 Å². The molecule has 2 aromatic rings. The van der Waals surface area contributed by atoms with Crippen LogP contribution in [0.5, 0.6) is 5.75 Å². The van der Waals surface area contributed by atoms with Gasteiger partial charge in [0.15, 0.2) is 0 Å². The van der Waals surface area contributed by atoms with E-state index in [0.29, 0.717) is 38.3 Å². The lowest BCUT2D eigenvalue weighted by Crippen LogP contribution is -2.55. The maximum Gasteiger partial charge on any atom is 0.410 e. The SMILES string of the molecule is Cc1ccc2cc1CNC(=O)[C@H](CCc1ccccc1)NC(=O)[C@@H](NC(=O)COCCN(C)C(=O)OC(C)(C)C)CC(=O)N1CCCC(CCO2)C1. The summed E-state index contributed by atoms with van der Waals surface area (Å²) in [7, 11) is 1.57. The third-order valence-electron chi connectivity index (χ3n) is 9.18. The summed E-state index contributed by atoms with van der Waals surface area (Å²) >= 11 is 0. The lowest BCUT2D eigenvalue weighted by atomic mass is 9.94. The van der Waals surface area contributed by atoms with E-state index in [9.17, 15) is 24.0 Å². The van der Waals surface area contributed by atoms with Crippen LogP contribution in [-0.4, -0.2) is 104 Å². The average Bonchev–Trinajstić information content (AvgIpc) is 3.10. The zero-order valence-corrected chi connectivity index (χ0v) is 31.2. The number of rotatable bonds is 9. The fourth-order valence-corrected chi connectivity index (χ4v) is 6.15. The van der Waals surface area contributed by atoms with Gasteiger partial charge in [0.1, 0.15) is 30.0 Å². The number of carbonyl (C=O) groups excluding carboxylic acids is 5. The van der Waals surface area contributed by atoms with E-state index >= 15 is 0 Å². The second-order valence-corrected chi connectivity index (χ2v) is 14.7. The van der Waals surface area contributed by atoms with Crippen LogP contribution in [0, 0.1) is 12.8 Å². The minimum Gasteiger partial charge on any atom is -0.494 e. The van der Waals surface area contributed by atoms with Gasteiger partial charge < -0.3 is 40.0 Å². The molecular weight excluding hydrogens is 666 g/mol. The van der Waals surface area contributed by atoms with Gasteiger partial charge >= 0.3 is 6.09 Å². The van der Waals surface area contributed by atoms with Crippen molar-refractivity contribution in [1.29, 1.82) is 0 Å². The monoisotopic (exact) mass is 721 g/mol. The Morgan fingerprint density at radius 1 is 1.06 bits per heavy atom. The minimum atomic E-state index is -1.25. The van der Waals surface area contributed by atoms with Crippen molar-refractivity contribution in [2.45, 2.75) is 90.4 Å². The van der Waals surface area contributed by atoms with Gasteiger partial charge in [-0.1, -0.05) is 36.4 Å². The smallest absolute Gasteiger partial charge is 0.410 e. The first-order valence-corrected chi connectivity index (χ1v) is 18.2. The van der Waals surface area contributed by atoms with Gasteiger partial charge in [-0.25, -0.2) is 4.79 Å². The Hall–Kier alpha value is -4.65. The molecule has 1 unspecified atom stereocenters. The van der Waals surface area contributed by atoms with Gasteiger partial charge in [-0.15, -0.1) is 0 Å². The molecule has 5 amide bonds. The summed E-state index contributed by atoms with van der Waals surface area (Å²) in [6.45, 7) is 8.89. The Labute approximate surface area is 307 Å². The normalized spacial score (nSPS) is 20.4. The number of aryl methyl sites for hydroxylation is 2. The van der Waals surface area contributed by atoms with Crippen LogP contribution in [0.3, 0.4) is 0 Å². The van der Waals surface area contributed by atoms with Gasteiger partial charge in [0, 0.05) is 33.2 Å². The van der Waals surface area contributed by atoms with E-state index in [1.54, 1.807) is 32.7 Å². The van der Waals surface area contributed by atoms with Gasteiger partial charge in [-0.2, -0.15) is 0 Å². The highest BCUT2D eigenvalue weighted by Gasteiger charge is 2.32. The topological polar surface area (TPSA) is 156 Å². The van der Waals surface area contributed by atoms with Gasteiger partial charge in [0.05, 0.1) is 19.6 Å². The first kappa shape index (κ1) is 40.1. The number of nitrogens with one attached hydrogen (secondary N) is 3. The van der Waals surface area contributed by atoms with Crippen LogP contribution >= 0.6 is 0 Å². The fourth-order valence-electron chi connectivity index (χ4n) is 6.15. The zero-order valence-electron chi connectivity index (χ0n) is 31.2. The highest BCUT2D eigenvalue weighted by atomic mass is 16.6. The van der Waals surface area contributed by atoms with Gasteiger partial charge in [0.25, 0.3) is 0 Å². The highest BCUT2D eigenvalue weighted by Crippen LogP contribution is 2.23. The van der Waals surface area contributed by atoms with E-state index in [4.69, 9.17) is 14.2 Å². The molecule has 2 aliphatic heterocycles.